The molecule has 1 N–H and O–H groups in total. The van der Waals surface area contributed by atoms with Crippen LogP contribution in [0.5, 0.6) is 0 Å². The number of rotatable bonds is 2. The lowest BCUT2D eigenvalue weighted by atomic mass is 10.1. The van der Waals surface area contributed by atoms with Gasteiger partial charge in [-0.05, 0) is 49.2 Å². The number of carbonyl (C=O) groups is 1. The number of fused-ring (bicyclic) bond motifs is 1. The Morgan fingerprint density at radius 1 is 1.10 bits per heavy atom. The standard InChI is InChI=1S/C21H21F3N4OS/c1-13-10-14(2)18-17(11-13)30-20(26-18)28-8-6-27(7-9-28)19(29)25-16-5-3-4-15(12-16)21(22,23)24/h3-5,10-12H,6-9H2,1-2H3,(H,25,29). The summed E-state index contributed by atoms with van der Waals surface area (Å²) in [4.78, 5) is 21.0. The highest BCUT2D eigenvalue weighted by Crippen LogP contribution is 2.33. The summed E-state index contributed by atoms with van der Waals surface area (Å²) in [6.07, 6.45) is -4.44. The van der Waals surface area contributed by atoms with Crippen LogP contribution in [-0.2, 0) is 6.18 Å². The van der Waals surface area contributed by atoms with E-state index in [4.69, 9.17) is 4.98 Å². The van der Waals surface area contributed by atoms with E-state index in [2.05, 4.69) is 36.2 Å². The number of hydrogen-bond donors (Lipinski definition) is 1. The minimum Gasteiger partial charge on any atom is -0.345 e. The summed E-state index contributed by atoms with van der Waals surface area (Å²) in [5.41, 5.74) is 2.70. The maximum atomic E-state index is 12.9. The van der Waals surface area contributed by atoms with Gasteiger partial charge in [0.25, 0.3) is 0 Å². The molecule has 4 rings (SSSR count). The van der Waals surface area contributed by atoms with E-state index >= 15 is 0 Å². The van der Waals surface area contributed by atoms with Crippen LogP contribution in [0.4, 0.5) is 28.8 Å². The molecule has 158 valence electrons. The van der Waals surface area contributed by atoms with Crippen molar-refractivity contribution in [2.24, 2.45) is 0 Å². The lowest BCUT2D eigenvalue weighted by Crippen LogP contribution is -2.50. The number of thiazole rings is 1. The van der Waals surface area contributed by atoms with Crippen LogP contribution < -0.4 is 10.2 Å². The van der Waals surface area contributed by atoms with Crippen LogP contribution in [0, 0.1) is 13.8 Å². The van der Waals surface area contributed by atoms with E-state index in [0.717, 1.165) is 33.0 Å². The highest BCUT2D eigenvalue weighted by molar-refractivity contribution is 7.22. The van der Waals surface area contributed by atoms with Crippen molar-refractivity contribution >= 4 is 38.4 Å². The predicted molar refractivity (Wildman–Crippen MR) is 113 cm³/mol. The van der Waals surface area contributed by atoms with Crippen molar-refractivity contribution in [3.05, 3.63) is 53.1 Å². The molecule has 2 aromatic carbocycles. The molecule has 2 heterocycles. The Labute approximate surface area is 176 Å². The third-order valence-electron chi connectivity index (χ3n) is 5.10. The number of carbonyl (C=O) groups excluding carboxylic acids is 1. The molecule has 1 aromatic heterocycles. The summed E-state index contributed by atoms with van der Waals surface area (Å²) in [6.45, 7) is 6.29. The predicted octanol–water partition coefficient (Wildman–Crippen LogP) is 5.29. The van der Waals surface area contributed by atoms with E-state index in [0.29, 0.717) is 26.2 Å². The number of amides is 2. The fourth-order valence-electron chi connectivity index (χ4n) is 3.57. The van der Waals surface area contributed by atoms with Crippen LogP contribution in [0.25, 0.3) is 10.2 Å². The number of benzene rings is 2. The average Bonchev–Trinajstić information content (AvgIpc) is 3.12. The number of halogens is 3. The maximum Gasteiger partial charge on any atom is 0.416 e. The summed E-state index contributed by atoms with van der Waals surface area (Å²) in [6, 6.07) is 8.51. The molecule has 3 aromatic rings. The number of aromatic nitrogens is 1. The first-order valence-electron chi connectivity index (χ1n) is 9.56. The zero-order valence-corrected chi connectivity index (χ0v) is 17.4. The Kier molecular flexibility index (Phi) is 5.31. The van der Waals surface area contributed by atoms with Crippen molar-refractivity contribution in [2.45, 2.75) is 20.0 Å². The van der Waals surface area contributed by atoms with Gasteiger partial charge >= 0.3 is 12.2 Å². The molecule has 1 aliphatic heterocycles. The number of nitrogens with zero attached hydrogens (tertiary/aromatic N) is 3. The molecule has 1 saturated heterocycles. The normalized spacial score (nSPS) is 15.0. The number of urea groups is 1. The number of hydrogen-bond acceptors (Lipinski definition) is 4. The first-order chi connectivity index (χ1) is 14.2. The molecule has 0 spiro atoms. The Morgan fingerprint density at radius 2 is 1.83 bits per heavy atom. The van der Waals surface area contributed by atoms with Gasteiger partial charge in [0, 0.05) is 31.9 Å². The van der Waals surface area contributed by atoms with E-state index in [1.807, 2.05) is 0 Å². The molecular weight excluding hydrogens is 413 g/mol. The van der Waals surface area contributed by atoms with Gasteiger partial charge < -0.3 is 15.1 Å². The lowest BCUT2D eigenvalue weighted by molar-refractivity contribution is -0.137. The molecule has 0 unspecified atom stereocenters. The summed E-state index contributed by atoms with van der Waals surface area (Å²) in [5, 5.41) is 3.50. The molecule has 0 bridgehead atoms. The van der Waals surface area contributed by atoms with E-state index in [1.165, 1.54) is 17.7 Å². The number of aryl methyl sites for hydroxylation is 2. The summed E-state index contributed by atoms with van der Waals surface area (Å²) in [5.74, 6) is 0. The minimum atomic E-state index is -4.44. The molecule has 0 atom stereocenters. The Balaban J connectivity index is 1.40. The largest absolute Gasteiger partial charge is 0.416 e. The van der Waals surface area contributed by atoms with E-state index in [9.17, 15) is 18.0 Å². The quantitative estimate of drug-likeness (QED) is 0.597. The molecule has 0 radical (unpaired) electrons. The second-order valence-corrected chi connectivity index (χ2v) is 8.42. The second-order valence-electron chi connectivity index (χ2n) is 7.41. The zero-order chi connectivity index (χ0) is 21.5. The van der Waals surface area contributed by atoms with E-state index in [1.54, 1.807) is 16.2 Å². The van der Waals surface area contributed by atoms with Crippen LogP contribution in [0.1, 0.15) is 16.7 Å². The molecule has 0 aliphatic carbocycles. The van der Waals surface area contributed by atoms with Crippen molar-refractivity contribution in [3.8, 4) is 0 Å². The van der Waals surface area contributed by atoms with Gasteiger partial charge in [-0.15, -0.1) is 0 Å². The van der Waals surface area contributed by atoms with Crippen LogP contribution in [-0.4, -0.2) is 42.1 Å². The fraction of sp³-hybridized carbons (Fsp3) is 0.333. The Hall–Kier alpha value is -2.81. The molecule has 0 saturated carbocycles. The van der Waals surface area contributed by atoms with Gasteiger partial charge in [0.15, 0.2) is 5.13 Å². The first kappa shape index (κ1) is 20.5. The molecule has 5 nitrogen and oxygen atoms in total. The number of nitrogens with one attached hydrogen (secondary N) is 1. The third kappa shape index (κ3) is 4.21. The molecule has 30 heavy (non-hydrogen) atoms. The highest BCUT2D eigenvalue weighted by Gasteiger charge is 2.31. The van der Waals surface area contributed by atoms with Crippen molar-refractivity contribution in [3.63, 3.8) is 0 Å². The molecule has 1 aliphatic rings. The van der Waals surface area contributed by atoms with Crippen LogP contribution in [0.15, 0.2) is 36.4 Å². The van der Waals surface area contributed by atoms with Gasteiger partial charge in [0.05, 0.1) is 15.8 Å². The topological polar surface area (TPSA) is 48.5 Å². The average molecular weight is 434 g/mol. The van der Waals surface area contributed by atoms with Crippen LogP contribution in [0.2, 0.25) is 0 Å². The summed E-state index contributed by atoms with van der Waals surface area (Å²) < 4.78 is 39.7. The van der Waals surface area contributed by atoms with Gasteiger partial charge in [-0.1, -0.05) is 23.5 Å². The Morgan fingerprint density at radius 3 is 2.53 bits per heavy atom. The van der Waals surface area contributed by atoms with Gasteiger partial charge in [0.2, 0.25) is 0 Å². The van der Waals surface area contributed by atoms with E-state index in [-0.39, 0.29) is 5.69 Å². The molecule has 1 fully saturated rings. The Bertz CT molecular complexity index is 1090. The van der Waals surface area contributed by atoms with Gasteiger partial charge in [0.1, 0.15) is 0 Å². The fourth-order valence-corrected chi connectivity index (χ4v) is 4.76. The smallest absolute Gasteiger partial charge is 0.345 e. The van der Waals surface area contributed by atoms with Crippen LogP contribution in [0.3, 0.4) is 0 Å². The SMILES string of the molecule is Cc1cc(C)c2nc(N3CCN(C(=O)Nc4cccc(C(F)(F)F)c4)CC3)sc2c1. The molecular formula is C21H21F3N4OS. The lowest BCUT2D eigenvalue weighted by Gasteiger charge is -2.34. The van der Waals surface area contributed by atoms with Crippen molar-refractivity contribution in [2.75, 3.05) is 36.4 Å². The number of anilines is 2. The van der Waals surface area contributed by atoms with Gasteiger partial charge in [-0.25, -0.2) is 9.78 Å². The van der Waals surface area contributed by atoms with Crippen LogP contribution >= 0.6 is 11.3 Å². The zero-order valence-electron chi connectivity index (χ0n) is 16.6. The number of piperazine rings is 1. The monoisotopic (exact) mass is 434 g/mol. The minimum absolute atomic E-state index is 0.134. The highest BCUT2D eigenvalue weighted by atomic mass is 32.1. The van der Waals surface area contributed by atoms with Crippen molar-refractivity contribution in [1.82, 2.24) is 9.88 Å². The first-order valence-corrected chi connectivity index (χ1v) is 10.4. The van der Waals surface area contributed by atoms with Crippen molar-refractivity contribution in [1.29, 1.82) is 0 Å². The maximum absolute atomic E-state index is 12.9. The summed E-state index contributed by atoms with van der Waals surface area (Å²) in [7, 11) is 0. The summed E-state index contributed by atoms with van der Waals surface area (Å²) >= 11 is 1.64. The molecule has 9 heteroatoms. The van der Waals surface area contributed by atoms with E-state index < -0.39 is 17.8 Å². The van der Waals surface area contributed by atoms with Gasteiger partial charge in [-0.2, -0.15) is 13.2 Å². The third-order valence-corrected chi connectivity index (χ3v) is 6.16. The molecule has 2 amide bonds. The van der Waals surface area contributed by atoms with Gasteiger partial charge in [-0.3, -0.25) is 0 Å². The second kappa shape index (κ2) is 7.79. The number of alkyl halides is 3. The van der Waals surface area contributed by atoms with Crippen molar-refractivity contribution < 1.29 is 18.0 Å².